The minimum absolute atomic E-state index is 0.104. The van der Waals surface area contributed by atoms with Crippen molar-refractivity contribution in [1.82, 2.24) is 0 Å². The van der Waals surface area contributed by atoms with Crippen LogP contribution >= 0.6 is 0 Å². The smallest absolute Gasteiger partial charge is 0.334 e. The molecule has 0 aromatic rings. The number of esters is 1. The van der Waals surface area contributed by atoms with Crippen LogP contribution in [0, 0.1) is 0 Å². The maximum Gasteiger partial charge on any atom is 0.334 e. The zero-order valence-corrected chi connectivity index (χ0v) is 26.6. The molecule has 0 amide bonds. The van der Waals surface area contributed by atoms with Crippen LogP contribution in [0.4, 0.5) is 0 Å². The maximum absolute atomic E-state index is 11.7. The summed E-state index contributed by atoms with van der Waals surface area (Å²) in [5.74, 6) is -0.295. The molecule has 1 saturated heterocycles. The summed E-state index contributed by atoms with van der Waals surface area (Å²) in [4.78, 5) is 11.7. The number of hydrogen-bond acceptors (Lipinski definition) is 6. The third kappa shape index (κ3) is 17.1. The Bertz CT molecular complexity index is 694. The molecule has 0 bridgehead atoms. The van der Waals surface area contributed by atoms with Crippen LogP contribution in [0.5, 0.6) is 0 Å². The van der Waals surface area contributed by atoms with Gasteiger partial charge in [0, 0.05) is 12.0 Å². The lowest BCUT2D eigenvalue weighted by Crippen LogP contribution is -2.27. The van der Waals surface area contributed by atoms with Crippen LogP contribution in [0.15, 0.2) is 11.6 Å². The Morgan fingerprint density at radius 1 is 0.732 bits per heavy atom. The highest BCUT2D eigenvalue weighted by Gasteiger charge is 2.30. The van der Waals surface area contributed by atoms with E-state index in [2.05, 4.69) is 6.92 Å². The Morgan fingerprint density at radius 2 is 1.29 bits per heavy atom. The normalized spacial score (nSPS) is 23.0. The third-order valence-electron chi connectivity index (χ3n) is 9.02. The molecule has 0 aliphatic carbocycles. The van der Waals surface area contributed by atoms with Crippen LogP contribution in [0.2, 0.25) is 0 Å². The first kappa shape index (κ1) is 36.2. The van der Waals surface area contributed by atoms with Gasteiger partial charge in [0.2, 0.25) is 0 Å². The highest BCUT2D eigenvalue weighted by atomic mass is 16.5. The molecule has 0 spiro atoms. The van der Waals surface area contributed by atoms with Crippen molar-refractivity contribution in [3.05, 3.63) is 11.6 Å². The van der Waals surface area contributed by atoms with Crippen molar-refractivity contribution in [3.63, 3.8) is 0 Å². The van der Waals surface area contributed by atoms with Crippen molar-refractivity contribution in [2.24, 2.45) is 0 Å². The Balaban J connectivity index is 1.38. The summed E-state index contributed by atoms with van der Waals surface area (Å²) < 4.78 is 11.2. The van der Waals surface area contributed by atoms with E-state index >= 15 is 0 Å². The number of ether oxygens (including phenoxy) is 2. The maximum atomic E-state index is 11.7. The average molecular weight is 581 g/mol. The van der Waals surface area contributed by atoms with E-state index in [-0.39, 0.29) is 30.4 Å². The van der Waals surface area contributed by atoms with Gasteiger partial charge in [-0.05, 0) is 57.9 Å². The van der Waals surface area contributed by atoms with Gasteiger partial charge in [0.25, 0.3) is 0 Å². The van der Waals surface area contributed by atoms with Gasteiger partial charge in [-0.1, -0.05) is 110 Å². The fourth-order valence-electron chi connectivity index (χ4n) is 6.39. The van der Waals surface area contributed by atoms with Crippen LogP contribution < -0.4 is 0 Å². The number of hydrogen-bond donors (Lipinski definition) is 3. The van der Waals surface area contributed by atoms with Crippen molar-refractivity contribution in [1.29, 1.82) is 0 Å². The molecule has 0 radical (unpaired) electrons. The molecule has 0 aromatic heterocycles. The van der Waals surface area contributed by atoms with Crippen molar-refractivity contribution >= 4 is 5.97 Å². The summed E-state index contributed by atoms with van der Waals surface area (Å²) in [5.41, 5.74) is 0.598. The number of aliphatic hydroxyl groups excluding tert-OH is 3. The summed E-state index contributed by atoms with van der Waals surface area (Å²) in [7, 11) is 0. The molecule has 2 aliphatic heterocycles. The van der Waals surface area contributed by atoms with E-state index in [1.807, 2.05) is 6.92 Å². The molecule has 1 fully saturated rings. The Kier molecular flexibility index (Phi) is 20.0. The molecule has 2 aliphatic rings. The molecule has 3 N–H and O–H groups in total. The van der Waals surface area contributed by atoms with E-state index in [0.717, 1.165) is 51.4 Å². The van der Waals surface area contributed by atoms with Gasteiger partial charge < -0.3 is 24.8 Å². The van der Waals surface area contributed by atoms with Crippen molar-refractivity contribution in [2.45, 2.75) is 205 Å². The highest BCUT2D eigenvalue weighted by molar-refractivity contribution is 5.90. The third-order valence-corrected chi connectivity index (χ3v) is 9.02. The largest absolute Gasteiger partial charge is 0.455 e. The second kappa shape index (κ2) is 22.6. The van der Waals surface area contributed by atoms with E-state index < -0.39 is 12.2 Å². The van der Waals surface area contributed by atoms with Crippen LogP contribution in [-0.4, -0.2) is 57.9 Å². The first-order valence-electron chi connectivity index (χ1n) is 17.5. The Hall–Kier alpha value is -0.950. The highest BCUT2D eigenvalue weighted by Crippen LogP contribution is 2.28. The summed E-state index contributed by atoms with van der Waals surface area (Å²) in [5, 5.41) is 31.2. The van der Waals surface area contributed by atoms with Crippen LogP contribution in [0.3, 0.4) is 0 Å². The predicted molar refractivity (Wildman–Crippen MR) is 167 cm³/mol. The zero-order valence-electron chi connectivity index (χ0n) is 26.6. The van der Waals surface area contributed by atoms with Crippen molar-refractivity contribution in [2.75, 3.05) is 0 Å². The fourth-order valence-corrected chi connectivity index (χ4v) is 6.39. The zero-order chi connectivity index (χ0) is 29.7. The van der Waals surface area contributed by atoms with E-state index in [1.165, 1.54) is 77.0 Å². The van der Waals surface area contributed by atoms with Crippen molar-refractivity contribution < 1.29 is 29.6 Å². The summed E-state index contributed by atoms with van der Waals surface area (Å²) in [6.07, 6.45) is 26.8. The van der Waals surface area contributed by atoms with Crippen LogP contribution in [0.25, 0.3) is 0 Å². The minimum Gasteiger partial charge on any atom is -0.455 e. The number of rotatable bonds is 26. The molecule has 0 saturated carbocycles. The monoisotopic (exact) mass is 580 g/mol. The fraction of sp³-hybridized carbons (Fsp3) is 0.914. The number of cyclic esters (lactones) is 1. The quantitative estimate of drug-likeness (QED) is 0.0707. The van der Waals surface area contributed by atoms with Gasteiger partial charge in [-0.25, -0.2) is 4.79 Å². The molecule has 240 valence electrons. The summed E-state index contributed by atoms with van der Waals surface area (Å²) >= 11 is 0. The molecule has 6 atom stereocenters. The second-order valence-electron chi connectivity index (χ2n) is 13.0. The second-order valence-corrected chi connectivity index (χ2v) is 13.0. The minimum atomic E-state index is -0.499. The van der Waals surface area contributed by atoms with Crippen molar-refractivity contribution in [3.8, 4) is 0 Å². The number of carbonyl (C=O) groups excluding carboxylic acids is 1. The average Bonchev–Trinajstić information content (AvgIpc) is 3.55. The summed E-state index contributed by atoms with van der Waals surface area (Å²) in [6.45, 7) is 4.10. The van der Waals surface area contributed by atoms with E-state index in [1.54, 1.807) is 6.08 Å². The lowest BCUT2D eigenvalue weighted by molar-refractivity contribution is -0.139. The molecular formula is C35H64O6. The van der Waals surface area contributed by atoms with Gasteiger partial charge in [-0.3, -0.25) is 0 Å². The Labute approximate surface area is 251 Å². The van der Waals surface area contributed by atoms with Crippen LogP contribution in [-0.2, 0) is 14.3 Å². The van der Waals surface area contributed by atoms with E-state index in [4.69, 9.17) is 9.47 Å². The molecular weight excluding hydrogens is 516 g/mol. The van der Waals surface area contributed by atoms with Gasteiger partial charge in [-0.15, -0.1) is 0 Å². The molecule has 6 heteroatoms. The number of aliphatic hydroxyl groups is 3. The molecule has 2 rings (SSSR count). The lowest BCUT2D eigenvalue weighted by atomic mass is 9.99. The number of carbonyl (C=O) groups is 1. The Morgan fingerprint density at radius 3 is 1.88 bits per heavy atom. The lowest BCUT2D eigenvalue weighted by Gasteiger charge is -2.20. The predicted octanol–water partition coefficient (Wildman–Crippen LogP) is 8.09. The molecule has 2 heterocycles. The molecule has 0 aromatic carbocycles. The molecule has 6 nitrogen and oxygen atoms in total. The van der Waals surface area contributed by atoms with E-state index in [0.29, 0.717) is 31.3 Å². The van der Waals surface area contributed by atoms with Gasteiger partial charge >= 0.3 is 5.97 Å². The summed E-state index contributed by atoms with van der Waals surface area (Å²) in [6, 6.07) is 0. The SMILES string of the molecule is CCCCCCCCCCCCCCC[C@H](O)CC[C@H](O)[C@H]1CC[C@H](CCCCC[C@H](O)CC2=C[C@H](C)OC2=O)O1. The first-order chi connectivity index (χ1) is 19.9. The number of unbranched alkanes of at least 4 members (excludes halogenated alkanes) is 14. The molecule has 0 unspecified atom stereocenters. The first-order valence-corrected chi connectivity index (χ1v) is 17.5. The van der Waals surface area contributed by atoms with Gasteiger partial charge in [-0.2, -0.15) is 0 Å². The van der Waals surface area contributed by atoms with Gasteiger partial charge in [0.1, 0.15) is 6.10 Å². The van der Waals surface area contributed by atoms with Crippen LogP contribution in [0.1, 0.15) is 168 Å². The van der Waals surface area contributed by atoms with E-state index in [9.17, 15) is 20.1 Å². The van der Waals surface area contributed by atoms with Gasteiger partial charge in [0.05, 0.1) is 30.5 Å². The standard InChI is InChI=1S/C35H64O6/c1-3-4-5-6-7-8-9-10-11-12-13-14-16-19-30(36)22-24-33(38)34-25-23-32(41-34)21-18-15-17-20-31(37)27-29-26-28(2)40-35(29)39/h26,28,30-34,36-38H,3-25,27H2,1-2H3/t28-,30-,31-,32-,33-,34+/m0/s1. The topological polar surface area (TPSA) is 96.2 Å². The van der Waals surface area contributed by atoms with Gasteiger partial charge in [0.15, 0.2) is 0 Å². The molecule has 41 heavy (non-hydrogen) atoms.